The number of pyridine rings is 1. The first-order chi connectivity index (χ1) is 12.4. The molecule has 3 aromatic heterocycles. The van der Waals surface area contributed by atoms with Crippen LogP contribution in [0.4, 0.5) is 0 Å². The molecule has 0 aliphatic heterocycles. The molecule has 0 spiro atoms. The van der Waals surface area contributed by atoms with Gasteiger partial charge >= 0.3 is 5.69 Å². The number of H-pyrrole nitrogens is 1. The van der Waals surface area contributed by atoms with E-state index in [2.05, 4.69) is 9.97 Å². The number of rotatable bonds is 3. The number of nitrogens with zero attached hydrogens (tertiary/aromatic N) is 3. The smallest absolute Gasteiger partial charge is 0.328 e. The molecular weight excluding hydrogens is 328 g/mol. The van der Waals surface area contributed by atoms with E-state index in [9.17, 15) is 9.59 Å². The SMILES string of the molecule is CC(C)C(=O)c1[nH]c2ncc3c(c2c1-c1ccccc1)n(C)c(=O)n3C. The minimum Gasteiger partial charge on any atom is -0.336 e. The molecule has 4 rings (SSSR count). The molecule has 6 nitrogen and oxygen atoms in total. The van der Waals surface area contributed by atoms with E-state index in [1.807, 2.05) is 44.2 Å². The van der Waals surface area contributed by atoms with Crippen LogP contribution >= 0.6 is 0 Å². The lowest BCUT2D eigenvalue weighted by atomic mass is 9.96. The summed E-state index contributed by atoms with van der Waals surface area (Å²) in [6.45, 7) is 3.76. The van der Waals surface area contributed by atoms with Crippen LogP contribution in [0.3, 0.4) is 0 Å². The van der Waals surface area contributed by atoms with Gasteiger partial charge in [-0.1, -0.05) is 44.2 Å². The molecule has 1 aromatic carbocycles. The number of benzene rings is 1. The maximum Gasteiger partial charge on any atom is 0.328 e. The van der Waals surface area contributed by atoms with Crippen LogP contribution in [0.5, 0.6) is 0 Å². The summed E-state index contributed by atoms with van der Waals surface area (Å²) >= 11 is 0. The lowest BCUT2D eigenvalue weighted by Gasteiger charge is -2.07. The van der Waals surface area contributed by atoms with Gasteiger partial charge < -0.3 is 4.98 Å². The number of hydrogen-bond donors (Lipinski definition) is 1. The molecule has 0 bridgehead atoms. The monoisotopic (exact) mass is 348 g/mol. The molecule has 0 atom stereocenters. The molecular formula is C20H20N4O2. The van der Waals surface area contributed by atoms with Gasteiger partial charge in [-0.3, -0.25) is 13.9 Å². The van der Waals surface area contributed by atoms with Crippen LogP contribution in [-0.2, 0) is 14.1 Å². The summed E-state index contributed by atoms with van der Waals surface area (Å²) in [5.41, 5.74) is 4.28. The average molecular weight is 348 g/mol. The summed E-state index contributed by atoms with van der Waals surface area (Å²) in [4.78, 5) is 33.0. The summed E-state index contributed by atoms with van der Waals surface area (Å²) in [7, 11) is 3.48. The van der Waals surface area contributed by atoms with Gasteiger partial charge in [0.05, 0.1) is 28.3 Å². The van der Waals surface area contributed by atoms with Gasteiger partial charge in [0.2, 0.25) is 0 Å². The molecule has 0 amide bonds. The fourth-order valence-electron chi connectivity index (χ4n) is 3.50. The number of carbonyl (C=O) groups excluding carboxylic acids is 1. The highest BCUT2D eigenvalue weighted by molar-refractivity contribution is 6.17. The Hall–Kier alpha value is -3.15. The van der Waals surface area contributed by atoms with Gasteiger partial charge in [-0.15, -0.1) is 0 Å². The topological polar surface area (TPSA) is 72.7 Å². The van der Waals surface area contributed by atoms with E-state index in [-0.39, 0.29) is 17.4 Å². The predicted molar refractivity (Wildman–Crippen MR) is 102 cm³/mol. The second-order valence-electron chi connectivity index (χ2n) is 6.88. The molecule has 0 radical (unpaired) electrons. The largest absolute Gasteiger partial charge is 0.336 e. The second kappa shape index (κ2) is 5.69. The van der Waals surface area contributed by atoms with Gasteiger partial charge in [-0.05, 0) is 5.56 Å². The van der Waals surface area contributed by atoms with Crippen LogP contribution in [0, 0.1) is 5.92 Å². The molecule has 0 saturated heterocycles. The number of ketones is 1. The van der Waals surface area contributed by atoms with E-state index in [0.717, 1.165) is 27.5 Å². The Balaban J connectivity index is 2.24. The van der Waals surface area contributed by atoms with Gasteiger partial charge in [0.15, 0.2) is 5.78 Å². The number of nitrogens with one attached hydrogen (secondary N) is 1. The summed E-state index contributed by atoms with van der Waals surface area (Å²) < 4.78 is 3.19. The number of fused-ring (bicyclic) bond motifs is 3. The maximum atomic E-state index is 12.9. The molecule has 0 aliphatic carbocycles. The van der Waals surface area contributed by atoms with E-state index >= 15 is 0 Å². The number of Topliss-reactive ketones (excluding diaryl/α,β-unsaturated/α-hetero) is 1. The fourth-order valence-corrected chi connectivity index (χ4v) is 3.50. The molecule has 1 N–H and O–H groups in total. The minimum absolute atomic E-state index is 0.0240. The van der Waals surface area contributed by atoms with Gasteiger partial charge in [0.25, 0.3) is 0 Å². The number of aromatic nitrogens is 4. The zero-order valence-corrected chi connectivity index (χ0v) is 15.2. The Morgan fingerprint density at radius 2 is 1.81 bits per heavy atom. The van der Waals surface area contributed by atoms with Crippen molar-refractivity contribution in [3.8, 4) is 11.1 Å². The Kier molecular flexibility index (Phi) is 3.57. The third-order valence-corrected chi connectivity index (χ3v) is 4.88. The van der Waals surface area contributed by atoms with Crippen LogP contribution in [0.15, 0.2) is 41.3 Å². The maximum absolute atomic E-state index is 12.9. The molecule has 26 heavy (non-hydrogen) atoms. The van der Waals surface area contributed by atoms with Gasteiger partial charge in [-0.2, -0.15) is 0 Å². The number of imidazole rings is 1. The van der Waals surface area contributed by atoms with Crippen molar-refractivity contribution in [3.63, 3.8) is 0 Å². The summed E-state index contributed by atoms with van der Waals surface area (Å²) in [6.07, 6.45) is 1.67. The van der Waals surface area contributed by atoms with E-state index < -0.39 is 0 Å². The summed E-state index contributed by atoms with van der Waals surface area (Å²) in [5, 5.41) is 0.804. The van der Waals surface area contributed by atoms with Crippen molar-refractivity contribution >= 4 is 27.9 Å². The van der Waals surface area contributed by atoms with Gasteiger partial charge in [0, 0.05) is 25.6 Å². The molecule has 6 heteroatoms. The number of aryl methyl sites for hydroxylation is 2. The Morgan fingerprint density at radius 1 is 1.12 bits per heavy atom. The Labute approximate surface area is 150 Å². The third kappa shape index (κ3) is 2.15. The zero-order chi connectivity index (χ0) is 18.6. The first-order valence-electron chi connectivity index (χ1n) is 8.57. The van der Waals surface area contributed by atoms with Crippen molar-refractivity contribution in [1.82, 2.24) is 19.1 Å². The Morgan fingerprint density at radius 3 is 2.46 bits per heavy atom. The molecule has 3 heterocycles. The fraction of sp³-hybridized carbons (Fsp3) is 0.250. The molecule has 132 valence electrons. The van der Waals surface area contributed by atoms with Crippen molar-refractivity contribution in [3.05, 3.63) is 52.7 Å². The quantitative estimate of drug-likeness (QED) is 0.578. The van der Waals surface area contributed by atoms with Crippen LogP contribution in [0.25, 0.3) is 33.2 Å². The highest BCUT2D eigenvalue weighted by Crippen LogP contribution is 2.36. The lowest BCUT2D eigenvalue weighted by molar-refractivity contribution is 0.0936. The van der Waals surface area contributed by atoms with Gasteiger partial charge in [0.1, 0.15) is 5.65 Å². The zero-order valence-electron chi connectivity index (χ0n) is 15.2. The van der Waals surface area contributed by atoms with Crippen molar-refractivity contribution in [2.45, 2.75) is 13.8 Å². The molecule has 4 aromatic rings. The molecule has 0 saturated carbocycles. The first-order valence-corrected chi connectivity index (χ1v) is 8.57. The second-order valence-corrected chi connectivity index (χ2v) is 6.88. The van der Waals surface area contributed by atoms with Crippen LogP contribution in [-0.4, -0.2) is 24.9 Å². The van der Waals surface area contributed by atoms with Crippen molar-refractivity contribution in [2.75, 3.05) is 0 Å². The van der Waals surface area contributed by atoms with Crippen molar-refractivity contribution in [2.24, 2.45) is 20.0 Å². The van der Waals surface area contributed by atoms with E-state index in [1.165, 1.54) is 0 Å². The van der Waals surface area contributed by atoms with Crippen LogP contribution in [0.2, 0.25) is 0 Å². The van der Waals surface area contributed by atoms with Gasteiger partial charge in [-0.25, -0.2) is 9.78 Å². The van der Waals surface area contributed by atoms with E-state index in [0.29, 0.717) is 11.3 Å². The highest BCUT2D eigenvalue weighted by atomic mass is 16.1. The third-order valence-electron chi connectivity index (χ3n) is 4.88. The summed E-state index contributed by atoms with van der Waals surface area (Å²) in [5.74, 6) is -0.128. The summed E-state index contributed by atoms with van der Waals surface area (Å²) in [6, 6.07) is 9.76. The number of aromatic amines is 1. The molecule has 0 aliphatic rings. The number of carbonyl (C=O) groups is 1. The Bertz CT molecular complexity index is 1210. The lowest BCUT2D eigenvalue weighted by Crippen LogP contribution is -2.19. The molecule has 0 unspecified atom stereocenters. The van der Waals surface area contributed by atoms with E-state index in [4.69, 9.17) is 0 Å². The van der Waals surface area contributed by atoms with Crippen LogP contribution < -0.4 is 5.69 Å². The number of hydrogen-bond acceptors (Lipinski definition) is 3. The standard InChI is InChI=1S/C20H20N4O2/c1-11(2)18(25)16-14(12-8-6-5-7-9-12)15-17-13(10-21-19(15)22-16)23(3)20(26)24(17)4/h5-11H,1-4H3,(H,21,22). The molecule has 0 fully saturated rings. The highest BCUT2D eigenvalue weighted by Gasteiger charge is 2.25. The predicted octanol–water partition coefficient (Wildman–Crippen LogP) is 3.26. The van der Waals surface area contributed by atoms with Crippen molar-refractivity contribution < 1.29 is 4.79 Å². The van der Waals surface area contributed by atoms with Crippen LogP contribution in [0.1, 0.15) is 24.3 Å². The normalized spacial score (nSPS) is 11.7. The van der Waals surface area contributed by atoms with E-state index in [1.54, 1.807) is 29.4 Å². The first kappa shape index (κ1) is 16.3. The average Bonchev–Trinajstić information content (AvgIpc) is 3.13. The van der Waals surface area contributed by atoms with Crippen molar-refractivity contribution in [1.29, 1.82) is 0 Å². The minimum atomic E-state index is -0.152.